The number of aromatic nitrogens is 1. The van der Waals surface area contributed by atoms with Crippen LogP contribution in [0, 0.1) is 17.1 Å². The molecular formula is C19H11ClFN3O. The second-order valence-corrected chi connectivity index (χ2v) is 5.58. The summed E-state index contributed by atoms with van der Waals surface area (Å²) in [7, 11) is 0. The second kappa shape index (κ2) is 7.12. The van der Waals surface area contributed by atoms with E-state index < -0.39 is 11.7 Å². The molecule has 1 heterocycles. The summed E-state index contributed by atoms with van der Waals surface area (Å²) in [6, 6.07) is 15.8. The zero-order valence-electron chi connectivity index (χ0n) is 12.8. The molecule has 0 radical (unpaired) electrons. The van der Waals surface area contributed by atoms with E-state index in [-0.39, 0.29) is 11.1 Å². The summed E-state index contributed by atoms with van der Waals surface area (Å²) in [4.78, 5) is 16.3. The van der Waals surface area contributed by atoms with E-state index in [2.05, 4.69) is 10.3 Å². The number of amides is 1. The Morgan fingerprint density at radius 3 is 2.72 bits per heavy atom. The number of carbonyl (C=O) groups excluding carboxylic acids is 1. The highest BCUT2D eigenvalue weighted by molar-refractivity contribution is 6.33. The van der Waals surface area contributed by atoms with Gasteiger partial charge in [-0.15, -0.1) is 0 Å². The van der Waals surface area contributed by atoms with Crippen LogP contribution in [0.2, 0.25) is 5.02 Å². The molecule has 0 fully saturated rings. The number of nitrogens with zero attached hydrogens (tertiary/aromatic N) is 2. The first-order valence-corrected chi connectivity index (χ1v) is 7.68. The molecule has 3 aromatic rings. The molecule has 0 unspecified atom stereocenters. The van der Waals surface area contributed by atoms with E-state index in [9.17, 15) is 9.18 Å². The molecule has 4 nitrogen and oxygen atoms in total. The Kier molecular flexibility index (Phi) is 4.73. The Bertz CT molecular complexity index is 998. The van der Waals surface area contributed by atoms with Crippen LogP contribution < -0.4 is 5.32 Å². The largest absolute Gasteiger partial charge is 0.322 e. The Morgan fingerprint density at radius 1 is 1.16 bits per heavy atom. The fourth-order valence-corrected chi connectivity index (χ4v) is 2.53. The van der Waals surface area contributed by atoms with Gasteiger partial charge in [-0.25, -0.2) is 4.39 Å². The van der Waals surface area contributed by atoms with E-state index in [0.29, 0.717) is 22.0 Å². The van der Waals surface area contributed by atoms with Crippen LogP contribution in [0.5, 0.6) is 0 Å². The molecule has 0 aliphatic heterocycles. The van der Waals surface area contributed by atoms with Crippen LogP contribution in [0.25, 0.3) is 11.3 Å². The number of nitriles is 1. The highest BCUT2D eigenvalue weighted by atomic mass is 35.5. The minimum atomic E-state index is -0.598. The Hall–Kier alpha value is -3.23. The van der Waals surface area contributed by atoms with Gasteiger partial charge < -0.3 is 5.32 Å². The van der Waals surface area contributed by atoms with Gasteiger partial charge in [0, 0.05) is 23.0 Å². The van der Waals surface area contributed by atoms with Gasteiger partial charge in [-0.05, 0) is 48.5 Å². The fourth-order valence-electron chi connectivity index (χ4n) is 2.30. The molecule has 1 N–H and O–H groups in total. The summed E-state index contributed by atoms with van der Waals surface area (Å²) in [5.74, 6) is -1.08. The minimum absolute atomic E-state index is 0.149. The fraction of sp³-hybridized carbons (Fsp3) is 0. The topological polar surface area (TPSA) is 65.8 Å². The number of anilines is 1. The molecule has 2 aromatic carbocycles. The van der Waals surface area contributed by atoms with Crippen molar-refractivity contribution < 1.29 is 9.18 Å². The highest BCUT2D eigenvalue weighted by Crippen LogP contribution is 2.28. The molecular weight excluding hydrogens is 341 g/mol. The molecule has 122 valence electrons. The second-order valence-electron chi connectivity index (χ2n) is 5.18. The van der Waals surface area contributed by atoms with Gasteiger partial charge in [-0.2, -0.15) is 5.26 Å². The minimum Gasteiger partial charge on any atom is -0.322 e. The molecule has 0 aliphatic carbocycles. The van der Waals surface area contributed by atoms with Crippen LogP contribution in [0.15, 0.2) is 60.8 Å². The maximum Gasteiger partial charge on any atom is 0.255 e. The number of nitrogens with one attached hydrogen (secondary N) is 1. The van der Waals surface area contributed by atoms with Crippen molar-refractivity contribution in [2.45, 2.75) is 0 Å². The lowest BCUT2D eigenvalue weighted by Gasteiger charge is -2.08. The molecule has 3 rings (SSSR count). The Balaban J connectivity index is 1.86. The standard InChI is InChI=1S/C19H11ClFN3O/c20-16-5-2-8-23-18(16)15-7-6-13(10-17(15)21)19(25)24-14-4-1-3-12(9-14)11-22/h1-10H,(H,24,25). The van der Waals surface area contributed by atoms with E-state index in [0.717, 1.165) is 6.07 Å². The van der Waals surface area contributed by atoms with Gasteiger partial charge in [-0.3, -0.25) is 9.78 Å². The predicted molar refractivity (Wildman–Crippen MR) is 93.8 cm³/mol. The Morgan fingerprint density at radius 2 is 2.00 bits per heavy atom. The van der Waals surface area contributed by atoms with Crippen molar-refractivity contribution in [2.24, 2.45) is 0 Å². The van der Waals surface area contributed by atoms with Crippen molar-refractivity contribution in [2.75, 3.05) is 5.32 Å². The highest BCUT2D eigenvalue weighted by Gasteiger charge is 2.14. The SMILES string of the molecule is N#Cc1cccc(NC(=O)c2ccc(-c3ncccc3Cl)c(F)c2)c1. The molecule has 1 aromatic heterocycles. The maximum absolute atomic E-state index is 14.4. The lowest BCUT2D eigenvalue weighted by Crippen LogP contribution is -2.12. The molecule has 25 heavy (non-hydrogen) atoms. The van der Waals surface area contributed by atoms with Gasteiger partial charge in [-0.1, -0.05) is 17.7 Å². The number of hydrogen-bond acceptors (Lipinski definition) is 3. The normalized spacial score (nSPS) is 10.1. The van der Waals surface area contributed by atoms with Crippen LogP contribution >= 0.6 is 11.6 Å². The monoisotopic (exact) mass is 351 g/mol. The number of benzene rings is 2. The van der Waals surface area contributed by atoms with Gasteiger partial charge in [0.15, 0.2) is 0 Å². The van der Waals surface area contributed by atoms with Gasteiger partial charge in [0.05, 0.1) is 22.3 Å². The van der Waals surface area contributed by atoms with Gasteiger partial charge in [0.25, 0.3) is 5.91 Å². The third-order valence-corrected chi connectivity index (χ3v) is 3.80. The molecule has 0 bridgehead atoms. The summed E-state index contributed by atoms with van der Waals surface area (Å²) in [5.41, 5.74) is 1.56. The summed E-state index contributed by atoms with van der Waals surface area (Å²) in [6.07, 6.45) is 1.52. The number of hydrogen-bond donors (Lipinski definition) is 1. The predicted octanol–water partition coefficient (Wildman–Crippen LogP) is 4.67. The number of rotatable bonds is 3. The quantitative estimate of drug-likeness (QED) is 0.746. The summed E-state index contributed by atoms with van der Waals surface area (Å²) < 4.78 is 14.4. The molecule has 0 spiro atoms. The van der Waals surface area contributed by atoms with E-state index in [1.807, 2.05) is 6.07 Å². The first-order chi connectivity index (χ1) is 12.1. The maximum atomic E-state index is 14.4. The molecule has 0 saturated heterocycles. The zero-order valence-corrected chi connectivity index (χ0v) is 13.6. The van der Waals surface area contributed by atoms with E-state index in [4.69, 9.17) is 16.9 Å². The number of pyridine rings is 1. The lowest BCUT2D eigenvalue weighted by molar-refractivity contribution is 0.102. The Labute approximate surface area is 148 Å². The summed E-state index contributed by atoms with van der Waals surface area (Å²) in [5, 5.41) is 11.8. The van der Waals surface area contributed by atoms with Gasteiger partial charge in [0.2, 0.25) is 0 Å². The first kappa shape index (κ1) is 16.6. The average molecular weight is 352 g/mol. The van der Waals surface area contributed by atoms with Crippen molar-refractivity contribution >= 4 is 23.2 Å². The van der Waals surface area contributed by atoms with E-state index >= 15 is 0 Å². The van der Waals surface area contributed by atoms with Crippen molar-refractivity contribution in [1.29, 1.82) is 5.26 Å². The van der Waals surface area contributed by atoms with Crippen LogP contribution in [0.1, 0.15) is 15.9 Å². The zero-order chi connectivity index (χ0) is 17.8. The lowest BCUT2D eigenvalue weighted by atomic mass is 10.1. The van der Waals surface area contributed by atoms with Crippen LogP contribution in [0.3, 0.4) is 0 Å². The van der Waals surface area contributed by atoms with Crippen LogP contribution in [0.4, 0.5) is 10.1 Å². The van der Waals surface area contributed by atoms with E-state index in [1.54, 1.807) is 30.3 Å². The van der Waals surface area contributed by atoms with Crippen molar-refractivity contribution in [3.8, 4) is 17.3 Å². The summed E-state index contributed by atoms with van der Waals surface area (Å²) >= 11 is 6.03. The molecule has 0 atom stereocenters. The smallest absolute Gasteiger partial charge is 0.255 e. The van der Waals surface area contributed by atoms with Crippen molar-refractivity contribution in [3.63, 3.8) is 0 Å². The first-order valence-electron chi connectivity index (χ1n) is 7.30. The molecule has 0 aliphatic rings. The van der Waals surface area contributed by atoms with Gasteiger partial charge >= 0.3 is 0 Å². The van der Waals surface area contributed by atoms with Crippen LogP contribution in [-0.4, -0.2) is 10.9 Å². The third-order valence-electron chi connectivity index (χ3n) is 3.49. The van der Waals surface area contributed by atoms with E-state index in [1.165, 1.54) is 24.4 Å². The number of carbonyl (C=O) groups is 1. The number of halogens is 2. The summed E-state index contributed by atoms with van der Waals surface area (Å²) in [6.45, 7) is 0. The molecule has 0 saturated carbocycles. The van der Waals surface area contributed by atoms with Crippen LogP contribution in [-0.2, 0) is 0 Å². The third kappa shape index (κ3) is 3.65. The molecule has 1 amide bonds. The van der Waals surface area contributed by atoms with Gasteiger partial charge in [0.1, 0.15) is 5.82 Å². The van der Waals surface area contributed by atoms with Crippen molar-refractivity contribution in [1.82, 2.24) is 4.98 Å². The van der Waals surface area contributed by atoms with Crippen molar-refractivity contribution in [3.05, 3.63) is 82.8 Å². The molecule has 6 heteroatoms. The average Bonchev–Trinajstić information content (AvgIpc) is 2.62.